The van der Waals surface area contributed by atoms with Gasteiger partial charge in [-0.3, -0.25) is 10.1 Å². The molecule has 0 fully saturated rings. The van der Waals surface area contributed by atoms with Crippen LogP contribution in [0.1, 0.15) is 25.3 Å². The molecule has 1 aromatic rings. The summed E-state index contributed by atoms with van der Waals surface area (Å²) in [6.07, 6.45) is 2.03. The zero-order valence-corrected chi connectivity index (χ0v) is 14.7. The lowest BCUT2D eigenvalue weighted by Gasteiger charge is -2.15. The van der Waals surface area contributed by atoms with Crippen LogP contribution in [0.25, 0.3) is 0 Å². The maximum atomic E-state index is 11.1. The van der Waals surface area contributed by atoms with Gasteiger partial charge in [0.25, 0.3) is 0 Å². The molecule has 1 aromatic carbocycles. The first-order chi connectivity index (χ1) is 9.53. The van der Waals surface area contributed by atoms with Crippen molar-refractivity contribution in [3.05, 3.63) is 31.4 Å². The molecule has 0 bridgehead atoms. The Balaban J connectivity index is 2.99. The number of nitrogens with zero attached hydrogens (tertiary/aromatic N) is 2. The summed E-state index contributed by atoms with van der Waals surface area (Å²) in [6.45, 7) is 2.51. The standard InChI is InChI=1S/C13H14BrIN2O3/c1-2-3-9(6-14)8-20-13-11(15)4-10(7-16)5-12(13)17(18)19/h4-5,9H,2-3,6,8H2,1H3. The predicted molar refractivity (Wildman–Crippen MR) is 88.2 cm³/mol. The van der Waals surface area contributed by atoms with Gasteiger partial charge in [0.05, 0.1) is 26.7 Å². The van der Waals surface area contributed by atoms with E-state index in [2.05, 4.69) is 22.9 Å². The minimum Gasteiger partial charge on any atom is -0.486 e. The molecule has 0 saturated carbocycles. The average Bonchev–Trinajstić information content (AvgIpc) is 2.43. The monoisotopic (exact) mass is 452 g/mol. The zero-order chi connectivity index (χ0) is 15.1. The Morgan fingerprint density at radius 2 is 2.30 bits per heavy atom. The molecule has 0 aliphatic carbocycles. The third-order valence-electron chi connectivity index (χ3n) is 2.73. The molecule has 108 valence electrons. The summed E-state index contributed by atoms with van der Waals surface area (Å²) in [4.78, 5) is 10.6. The SMILES string of the molecule is CCCC(CBr)COc1c(I)cc(C#N)cc1[N+](=O)[O-]. The molecule has 0 radical (unpaired) electrons. The Hall–Kier alpha value is -0.880. The molecular formula is C13H14BrIN2O3. The van der Waals surface area contributed by atoms with Crippen molar-refractivity contribution >= 4 is 44.2 Å². The van der Waals surface area contributed by atoms with Crippen LogP contribution in [0.4, 0.5) is 5.69 Å². The van der Waals surface area contributed by atoms with Crippen LogP contribution in [0.15, 0.2) is 12.1 Å². The largest absolute Gasteiger partial charge is 0.486 e. The van der Waals surface area contributed by atoms with E-state index in [0.29, 0.717) is 16.1 Å². The first-order valence-corrected chi connectivity index (χ1v) is 8.30. The minimum atomic E-state index is -0.513. The molecule has 1 unspecified atom stereocenters. The van der Waals surface area contributed by atoms with E-state index >= 15 is 0 Å². The summed E-state index contributed by atoms with van der Waals surface area (Å²) in [6, 6.07) is 4.75. The van der Waals surface area contributed by atoms with Crippen molar-refractivity contribution in [1.29, 1.82) is 5.26 Å². The van der Waals surface area contributed by atoms with E-state index in [1.54, 1.807) is 6.07 Å². The molecule has 0 amide bonds. The molecule has 0 aromatic heterocycles. The Kier molecular flexibility index (Phi) is 7.23. The first kappa shape index (κ1) is 17.2. The maximum Gasteiger partial charge on any atom is 0.313 e. The molecule has 0 spiro atoms. The highest BCUT2D eigenvalue weighted by Crippen LogP contribution is 2.34. The molecule has 20 heavy (non-hydrogen) atoms. The second-order valence-corrected chi connectivity index (χ2v) is 6.10. The van der Waals surface area contributed by atoms with Crippen molar-refractivity contribution in [2.45, 2.75) is 19.8 Å². The van der Waals surface area contributed by atoms with Gasteiger partial charge in [-0.05, 0) is 35.1 Å². The van der Waals surface area contributed by atoms with Gasteiger partial charge in [0.1, 0.15) is 0 Å². The quantitative estimate of drug-likeness (QED) is 0.268. The van der Waals surface area contributed by atoms with E-state index < -0.39 is 4.92 Å². The van der Waals surface area contributed by atoms with Gasteiger partial charge in [0.15, 0.2) is 0 Å². The number of nitro benzene ring substituents is 1. The topological polar surface area (TPSA) is 76.2 Å². The summed E-state index contributed by atoms with van der Waals surface area (Å²) in [7, 11) is 0. The maximum absolute atomic E-state index is 11.1. The molecule has 7 heteroatoms. The third kappa shape index (κ3) is 4.59. The number of nitro groups is 1. The van der Waals surface area contributed by atoms with Crippen LogP contribution < -0.4 is 4.74 Å². The van der Waals surface area contributed by atoms with Crippen LogP contribution in [0.5, 0.6) is 5.75 Å². The number of rotatable bonds is 7. The first-order valence-electron chi connectivity index (χ1n) is 6.10. The number of benzene rings is 1. The van der Waals surface area contributed by atoms with Crippen LogP contribution in [0, 0.1) is 30.9 Å². The van der Waals surface area contributed by atoms with Gasteiger partial charge in [-0.15, -0.1) is 0 Å². The summed E-state index contributed by atoms with van der Waals surface area (Å²) in [5.41, 5.74) is 0.109. The highest BCUT2D eigenvalue weighted by molar-refractivity contribution is 14.1. The van der Waals surface area contributed by atoms with Crippen LogP contribution >= 0.6 is 38.5 Å². The number of ether oxygens (including phenoxy) is 1. The van der Waals surface area contributed by atoms with Crippen molar-refractivity contribution < 1.29 is 9.66 Å². The van der Waals surface area contributed by atoms with E-state index in [1.165, 1.54) is 6.07 Å². The van der Waals surface area contributed by atoms with Crippen molar-refractivity contribution in [2.75, 3.05) is 11.9 Å². The molecule has 0 aliphatic rings. The van der Waals surface area contributed by atoms with Gasteiger partial charge in [-0.2, -0.15) is 5.26 Å². The van der Waals surface area contributed by atoms with E-state index in [4.69, 9.17) is 10.00 Å². The Labute approximate surface area is 139 Å². The predicted octanol–water partition coefficient (Wildman–Crippen LogP) is 4.26. The minimum absolute atomic E-state index is 0.154. The van der Waals surface area contributed by atoms with Gasteiger partial charge < -0.3 is 4.74 Å². The second-order valence-electron chi connectivity index (χ2n) is 4.30. The van der Waals surface area contributed by atoms with Crippen molar-refractivity contribution in [2.24, 2.45) is 5.92 Å². The number of alkyl halides is 1. The Bertz CT molecular complexity index is 531. The number of nitriles is 1. The lowest BCUT2D eigenvalue weighted by atomic mass is 10.1. The van der Waals surface area contributed by atoms with E-state index in [9.17, 15) is 10.1 Å². The molecule has 0 heterocycles. The van der Waals surface area contributed by atoms with Crippen LogP contribution in [0.2, 0.25) is 0 Å². The normalized spacial score (nSPS) is 11.7. The fraction of sp³-hybridized carbons (Fsp3) is 0.462. The van der Waals surface area contributed by atoms with Crippen molar-refractivity contribution in [1.82, 2.24) is 0 Å². The summed E-state index contributed by atoms with van der Waals surface area (Å²) in [5, 5.41) is 20.7. The summed E-state index contributed by atoms with van der Waals surface area (Å²) < 4.78 is 6.23. The Morgan fingerprint density at radius 1 is 1.60 bits per heavy atom. The Morgan fingerprint density at radius 3 is 2.80 bits per heavy atom. The number of hydrogen-bond donors (Lipinski definition) is 0. The fourth-order valence-electron chi connectivity index (χ4n) is 1.74. The number of hydrogen-bond acceptors (Lipinski definition) is 4. The van der Waals surface area contributed by atoms with Crippen molar-refractivity contribution in [3.8, 4) is 11.8 Å². The molecule has 1 rings (SSSR count). The molecular weight excluding hydrogens is 439 g/mol. The van der Waals surface area contributed by atoms with Crippen molar-refractivity contribution in [3.63, 3.8) is 0 Å². The van der Waals surface area contributed by atoms with Gasteiger partial charge in [0, 0.05) is 17.3 Å². The van der Waals surface area contributed by atoms with E-state index in [0.717, 1.165) is 18.2 Å². The van der Waals surface area contributed by atoms with E-state index in [1.807, 2.05) is 28.7 Å². The lowest BCUT2D eigenvalue weighted by molar-refractivity contribution is -0.386. The van der Waals surface area contributed by atoms with Gasteiger partial charge >= 0.3 is 5.69 Å². The summed E-state index contributed by atoms with van der Waals surface area (Å²) >= 11 is 5.38. The highest BCUT2D eigenvalue weighted by atomic mass is 127. The molecule has 0 N–H and O–H groups in total. The molecule has 0 aliphatic heterocycles. The van der Waals surface area contributed by atoms with Gasteiger partial charge in [-0.25, -0.2) is 0 Å². The molecule has 0 saturated heterocycles. The molecule has 1 atom stereocenters. The lowest BCUT2D eigenvalue weighted by Crippen LogP contribution is -2.14. The smallest absolute Gasteiger partial charge is 0.313 e. The fourth-order valence-corrected chi connectivity index (χ4v) is 3.01. The van der Waals surface area contributed by atoms with Gasteiger partial charge in [0.2, 0.25) is 5.75 Å². The zero-order valence-electron chi connectivity index (χ0n) is 10.9. The number of halogens is 2. The molecule has 5 nitrogen and oxygen atoms in total. The van der Waals surface area contributed by atoms with Crippen LogP contribution in [-0.2, 0) is 0 Å². The van der Waals surface area contributed by atoms with Gasteiger partial charge in [-0.1, -0.05) is 29.3 Å². The van der Waals surface area contributed by atoms with Crippen LogP contribution in [-0.4, -0.2) is 16.9 Å². The average molecular weight is 453 g/mol. The highest BCUT2D eigenvalue weighted by Gasteiger charge is 2.21. The summed E-state index contributed by atoms with van der Waals surface area (Å²) in [5.74, 6) is 0.558. The third-order valence-corrected chi connectivity index (χ3v) is 4.45. The van der Waals surface area contributed by atoms with Crippen LogP contribution in [0.3, 0.4) is 0 Å². The second kappa shape index (κ2) is 8.42. The van der Waals surface area contributed by atoms with E-state index in [-0.39, 0.29) is 17.0 Å².